The van der Waals surface area contributed by atoms with Gasteiger partial charge in [-0.2, -0.15) is 0 Å². The van der Waals surface area contributed by atoms with Crippen LogP contribution in [0.15, 0.2) is 22.7 Å². The minimum absolute atomic E-state index is 0.150. The third-order valence-electron chi connectivity index (χ3n) is 3.53. The smallest absolute Gasteiger partial charge is 0.292 e. The fourth-order valence-corrected chi connectivity index (χ4v) is 2.77. The van der Waals surface area contributed by atoms with E-state index < -0.39 is 0 Å². The number of hydrogen-bond acceptors (Lipinski definition) is 3. The Bertz CT molecular complexity index is 443. The number of nitro benzene ring substituents is 1. The largest absolute Gasteiger partial charge is 0.377 e. The molecular formula is C13H17BrN2O2. The Morgan fingerprint density at radius 2 is 2.00 bits per heavy atom. The first-order valence-corrected chi connectivity index (χ1v) is 7.06. The van der Waals surface area contributed by atoms with E-state index in [0.717, 1.165) is 23.2 Å². The van der Waals surface area contributed by atoms with Crippen LogP contribution in [0.25, 0.3) is 0 Å². The Morgan fingerprint density at radius 1 is 1.33 bits per heavy atom. The molecule has 0 radical (unpaired) electrons. The molecule has 0 heterocycles. The minimum Gasteiger partial charge on any atom is -0.377 e. The first-order valence-electron chi connectivity index (χ1n) is 6.26. The summed E-state index contributed by atoms with van der Waals surface area (Å²) >= 11 is 3.36. The molecule has 1 aliphatic rings. The molecule has 0 aromatic heterocycles. The molecule has 5 heteroatoms. The fourth-order valence-electron chi connectivity index (χ4n) is 2.41. The van der Waals surface area contributed by atoms with Crippen molar-refractivity contribution in [3.8, 4) is 0 Å². The highest BCUT2D eigenvalue weighted by atomic mass is 79.9. The molecule has 98 valence electrons. The summed E-state index contributed by atoms with van der Waals surface area (Å²) in [6.45, 7) is 2.26. The summed E-state index contributed by atoms with van der Waals surface area (Å²) in [5.41, 5.74) is 0.769. The lowest BCUT2D eigenvalue weighted by Crippen LogP contribution is -2.25. The molecule has 1 aromatic carbocycles. The van der Waals surface area contributed by atoms with Gasteiger partial charge in [-0.25, -0.2) is 0 Å². The minimum atomic E-state index is -0.333. The van der Waals surface area contributed by atoms with Crippen molar-refractivity contribution in [2.45, 2.75) is 38.6 Å². The third-order valence-corrected chi connectivity index (χ3v) is 4.02. The molecule has 0 aliphatic heterocycles. The van der Waals surface area contributed by atoms with Crippen molar-refractivity contribution in [1.29, 1.82) is 0 Å². The summed E-state index contributed by atoms with van der Waals surface area (Å²) in [5, 5.41) is 14.3. The number of hydrogen-bond donors (Lipinski definition) is 1. The van der Waals surface area contributed by atoms with E-state index in [-0.39, 0.29) is 10.6 Å². The van der Waals surface area contributed by atoms with Gasteiger partial charge in [-0.1, -0.05) is 22.9 Å². The number of nitrogens with one attached hydrogen (secondary N) is 1. The molecule has 1 N–H and O–H groups in total. The van der Waals surface area contributed by atoms with Crippen molar-refractivity contribution >= 4 is 27.3 Å². The summed E-state index contributed by atoms with van der Waals surface area (Å²) in [4.78, 5) is 10.6. The van der Waals surface area contributed by atoms with E-state index in [4.69, 9.17) is 0 Å². The Kier molecular flexibility index (Phi) is 4.22. The first kappa shape index (κ1) is 13.3. The molecule has 0 atom stereocenters. The van der Waals surface area contributed by atoms with E-state index in [1.54, 1.807) is 12.1 Å². The predicted octanol–water partition coefficient (Wildman–Crippen LogP) is 4.35. The summed E-state index contributed by atoms with van der Waals surface area (Å²) in [6.07, 6.45) is 4.56. The van der Waals surface area contributed by atoms with Crippen LogP contribution >= 0.6 is 15.9 Å². The van der Waals surface area contributed by atoms with E-state index in [9.17, 15) is 10.1 Å². The van der Waals surface area contributed by atoms with Crippen LogP contribution in [0.1, 0.15) is 32.6 Å². The number of nitro groups is 1. The van der Waals surface area contributed by atoms with Crippen LogP contribution in [0.3, 0.4) is 0 Å². The molecule has 0 spiro atoms. The number of anilines is 1. The Labute approximate surface area is 115 Å². The molecule has 18 heavy (non-hydrogen) atoms. The zero-order valence-electron chi connectivity index (χ0n) is 10.4. The van der Waals surface area contributed by atoms with E-state index in [0.29, 0.717) is 11.7 Å². The van der Waals surface area contributed by atoms with Crippen molar-refractivity contribution in [1.82, 2.24) is 0 Å². The van der Waals surface area contributed by atoms with E-state index in [2.05, 4.69) is 28.2 Å². The van der Waals surface area contributed by atoms with E-state index >= 15 is 0 Å². The van der Waals surface area contributed by atoms with Gasteiger partial charge >= 0.3 is 0 Å². The molecule has 1 aromatic rings. The molecule has 2 rings (SSSR count). The zero-order valence-corrected chi connectivity index (χ0v) is 11.9. The number of halogens is 1. The maximum atomic E-state index is 11.0. The first-order chi connectivity index (χ1) is 8.56. The van der Waals surface area contributed by atoms with Crippen molar-refractivity contribution in [3.05, 3.63) is 32.8 Å². The molecule has 1 aliphatic carbocycles. The topological polar surface area (TPSA) is 55.2 Å². The summed E-state index contributed by atoms with van der Waals surface area (Å²) < 4.78 is 0.861. The van der Waals surface area contributed by atoms with Gasteiger partial charge in [-0.3, -0.25) is 10.1 Å². The van der Waals surface area contributed by atoms with Gasteiger partial charge in [-0.05, 0) is 43.7 Å². The highest BCUT2D eigenvalue weighted by Gasteiger charge is 2.21. The highest BCUT2D eigenvalue weighted by molar-refractivity contribution is 9.10. The van der Waals surface area contributed by atoms with Gasteiger partial charge in [0.05, 0.1) is 4.92 Å². The van der Waals surface area contributed by atoms with Crippen LogP contribution < -0.4 is 5.32 Å². The van der Waals surface area contributed by atoms with Gasteiger partial charge < -0.3 is 5.32 Å². The van der Waals surface area contributed by atoms with Gasteiger partial charge in [0.2, 0.25) is 0 Å². The lowest BCUT2D eigenvalue weighted by molar-refractivity contribution is -0.384. The highest BCUT2D eigenvalue weighted by Crippen LogP contribution is 2.32. The fraction of sp³-hybridized carbons (Fsp3) is 0.538. The van der Waals surface area contributed by atoms with Crippen LogP contribution in [0, 0.1) is 16.0 Å². The average Bonchev–Trinajstić information content (AvgIpc) is 2.32. The normalized spacial score (nSPS) is 23.7. The number of nitrogens with zero attached hydrogens (tertiary/aromatic N) is 1. The molecule has 0 unspecified atom stereocenters. The number of rotatable bonds is 3. The van der Waals surface area contributed by atoms with Crippen LogP contribution in [0.2, 0.25) is 0 Å². The van der Waals surface area contributed by atoms with Crippen molar-refractivity contribution < 1.29 is 4.92 Å². The second-order valence-corrected chi connectivity index (χ2v) is 5.94. The van der Waals surface area contributed by atoms with E-state index in [1.807, 2.05) is 0 Å². The third kappa shape index (κ3) is 3.22. The molecule has 0 amide bonds. The lowest BCUT2D eigenvalue weighted by Gasteiger charge is -2.27. The molecule has 0 saturated heterocycles. The maximum absolute atomic E-state index is 11.0. The second-order valence-electron chi connectivity index (χ2n) is 5.02. The van der Waals surface area contributed by atoms with Gasteiger partial charge in [0.25, 0.3) is 5.69 Å². The summed E-state index contributed by atoms with van der Waals surface area (Å²) in [5.74, 6) is 0.778. The summed E-state index contributed by atoms with van der Waals surface area (Å²) in [7, 11) is 0. The van der Waals surface area contributed by atoms with Gasteiger partial charge in [0, 0.05) is 16.6 Å². The Morgan fingerprint density at radius 3 is 2.61 bits per heavy atom. The molecule has 1 fully saturated rings. The molecule has 1 saturated carbocycles. The van der Waals surface area contributed by atoms with Gasteiger partial charge in [0.1, 0.15) is 5.69 Å². The van der Waals surface area contributed by atoms with Crippen LogP contribution in [0.5, 0.6) is 0 Å². The zero-order chi connectivity index (χ0) is 13.1. The van der Waals surface area contributed by atoms with Crippen LogP contribution in [0.4, 0.5) is 11.4 Å². The Balaban J connectivity index is 2.12. The Hall–Kier alpha value is -1.10. The molecule has 0 bridgehead atoms. The lowest BCUT2D eigenvalue weighted by atomic mass is 9.87. The predicted molar refractivity (Wildman–Crippen MR) is 75.8 cm³/mol. The van der Waals surface area contributed by atoms with Crippen LogP contribution in [-0.2, 0) is 0 Å². The summed E-state index contributed by atoms with van der Waals surface area (Å²) in [6, 6.07) is 5.38. The average molecular weight is 313 g/mol. The molecular weight excluding hydrogens is 296 g/mol. The quantitative estimate of drug-likeness (QED) is 0.667. The maximum Gasteiger partial charge on any atom is 0.292 e. The monoisotopic (exact) mass is 312 g/mol. The van der Waals surface area contributed by atoms with Crippen molar-refractivity contribution in [2.24, 2.45) is 5.92 Å². The standard InChI is InChI=1S/C13H17BrN2O2/c1-9-2-5-11(6-3-9)15-12-8-10(14)4-7-13(12)16(17)18/h4,7-9,11,15H,2-3,5-6H2,1H3. The van der Waals surface area contributed by atoms with Crippen molar-refractivity contribution in [3.63, 3.8) is 0 Å². The van der Waals surface area contributed by atoms with Crippen LogP contribution in [-0.4, -0.2) is 11.0 Å². The SMILES string of the molecule is CC1CCC(Nc2cc(Br)ccc2[N+](=O)[O-])CC1. The van der Waals surface area contributed by atoms with E-state index in [1.165, 1.54) is 18.9 Å². The van der Waals surface area contributed by atoms with Gasteiger partial charge in [0.15, 0.2) is 0 Å². The number of benzene rings is 1. The van der Waals surface area contributed by atoms with Crippen molar-refractivity contribution in [2.75, 3.05) is 5.32 Å². The second kappa shape index (κ2) is 5.69. The molecule has 4 nitrogen and oxygen atoms in total. The van der Waals surface area contributed by atoms with Gasteiger partial charge in [-0.15, -0.1) is 0 Å².